The fraction of sp³-hybridized carbons (Fsp3) is 0.316. The molecule has 5 heteroatoms. The van der Waals surface area contributed by atoms with Gasteiger partial charge in [-0.3, -0.25) is 4.79 Å². The molecule has 3 rings (SSSR count). The monoisotopic (exact) mass is 342 g/mol. The van der Waals surface area contributed by atoms with Gasteiger partial charge in [-0.2, -0.15) is 0 Å². The topological polar surface area (TPSA) is 41.6 Å². The predicted molar refractivity (Wildman–Crippen MR) is 99.2 cm³/mol. The predicted octanol–water partition coefficient (Wildman–Crippen LogP) is 3.56. The number of ether oxygens (including phenoxy) is 1. The van der Waals surface area contributed by atoms with E-state index in [0.717, 1.165) is 29.3 Å². The summed E-state index contributed by atoms with van der Waals surface area (Å²) < 4.78 is 5.42. The van der Waals surface area contributed by atoms with Crippen molar-refractivity contribution in [2.24, 2.45) is 0 Å². The van der Waals surface area contributed by atoms with Gasteiger partial charge in [-0.1, -0.05) is 12.1 Å². The first-order chi connectivity index (χ1) is 11.7. The molecular formula is C19H22N2O2S. The molecule has 1 aliphatic heterocycles. The molecule has 0 unspecified atom stereocenters. The summed E-state index contributed by atoms with van der Waals surface area (Å²) in [5, 5.41) is 2.98. The third kappa shape index (κ3) is 3.85. The van der Waals surface area contributed by atoms with E-state index in [9.17, 15) is 4.79 Å². The third-order valence-electron chi connectivity index (χ3n) is 4.00. The minimum Gasteiger partial charge on any atom is -0.494 e. The molecular weight excluding hydrogens is 320 g/mol. The number of benzene rings is 2. The molecule has 1 N–H and O–H groups in total. The maximum atomic E-state index is 12.4. The van der Waals surface area contributed by atoms with Crippen molar-refractivity contribution in [3.8, 4) is 5.75 Å². The lowest BCUT2D eigenvalue weighted by molar-refractivity contribution is 0.0951. The van der Waals surface area contributed by atoms with E-state index in [1.165, 1.54) is 4.90 Å². The van der Waals surface area contributed by atoms with Gasteiger partial charge in [-0.05, 0) is 42.8 Å². The lowest BCUT2D eigenvalue weighted by atomic mass is 10.1. The number of nitrogens with zero attached hydrogens (tertiary/aromatic N) is 1. The van der Waals surface area contributed by atoms with Gasteiger partial charge < -0.3 is 15.0 Å². The first-order valence-electron chi connectivity index (χ1n) is 8.15. The van der Waals surface area contributed by atoms with Gasteiger partial charge in [0, 0.05) is 36.3 Å². The SMILES string of the molecule is CCOc1ccc(CNC(=O)c2ccc3c(c2)N(C)CCS3)cc1. The molecule has 2 aromatic carbocycles. The number of amides is 1. The molecule has 0 saturated heterocycles. The van der Waals surface area contributed by atoms with Gasteiger partial charge in [-0.15, -0.1) is 11.8 Å². The second kappa shape index (κ2) is 7.62. The smallest absolute Gasteiger partial charge is 0.251 e. The van der Waals surface area contributed by atoms with Gasteiger partial charge in [0.05, 0.1) is 12.3 Å². The van der Waals surface area contributed by atoms with Crippen LogP contribution in [0, 0.1) is 0 Å². The van der Waals surface area contributed by atoms with E-state index >= 15 is 0 Å². The normalized spacial score (nSPS) is 13.3. The van der Waals surface area contributed by atoms with E-state index in [1.54, 1.807) is 0 Å². The summed E-state index contributed by atoms with van der Waals surface area (Å²) in [6.45, 7) is 4.13. The summed E-state index contributed by atoms with van der Waals surface area (Å²) in [4.78, 5) is 15.9. The maximum Gasteiger partial charge on any atom is 0.251 e. The standard InChI is InChI=1S/C19H22N2O2S/c1-3-23-16-7-4-14(5-8-16)13-20-19(22)15-6-9-18-17(12-15)21(2)10-11-24-18/h4-9,12H,3,10-11,13H2,1-2H3,(H,20,22). The molecule has 0 atom stereocenters. The van der Waals surface area contributed by atoms with Crippen LogP contribution in [-0.2, 0) is 6.54 Å². The number of nitrogens with one attached hydrogen (secondary N) is 1. The minimum absolute atomic E-state index is 0.0457. The van der Waals surface area contributed by atoms with Crippen molar-refractivity contribution in [3.63, 3.8) is 0 Å². The van der Waals surface area contributed by atoms with Crippen molar-refractivity contribution < 1.29 is 9.53 Å². The molecule has 0 fully saturated rings. The summed E-state index contributed by atoms with van der Waals surface area (Å²) in [6.07, 6.45) is 0. The number of thioether (sulfide) groups is 1. The highest BCUT2D eigenvalue weighted by atomic mass is 32.2. The number of rotatable bonds is 5. The van der Waals surface area contributed by atoms with E-state index in [2.05, 4.69) is 17.3 Å². The fourth-order valence-electron chi connectivity index (χ4n) is 2.65. The summed E-state index contributed by atoms with van der Waals surface area (Å²) in [5.74, 6) is 1.89. The van der Waals surface area contributed by atoms with Crippen LogP contribution in [0.4, 0.5) is 5.69 Å². The zero-order valence-electron chi connectivity index (χ0n) is 14.0. The molecule has 1 heterocycles. The molecule has 2 aromatic rings. The summed E-state index contributed by atoms with van der Waals surface area (Å²) in [6, 6.07) is 13.7. The highest BCUT2D eigenvalue weighted by Gasteiger charge is 2.16. The summed E-state index contributed by atoms with van der Waals surface area (Å²) in [7, 11) is 2.07. The largest absolute Gasteiger partial charge is 0.494 e. The Morgan fingerprint density at radius 2 is 2.04 bits per heavy atom. The molecule has 126 valence electrons. The van der Waals surface area contributed by atoms with Crippen LogP contribution < -0.4 is 15.0 Å². The van der Waals surface area contributed by atoms with Crippen LogP contribution in [0.3, 0.4) is 0 Å². The van der Waals surface area contributed by atoms with E-state index in [0.29, 0.717) is 18.7 Å². The van der Waals surface area contributed by atoms with Crippen LogP contribution in [0.25, 0.3) is 0 Å². The molecule has 1 amide bonds. The molecule has 0 bridgehead atoms. The van der Waals surface area contributed by atoms with Crippen molar-refractivity contribution >= 4 is 23.4 Å². The zero-order valence-corrected chi connectivity index (χ0v) is 14.9. The summed E-state index contributed by atoms with van der Waals surface area (Å²) in [5.41, 5.74) is 2.89. The second-order valence-electron chi connectivity index (χ2n) is 5.71. The van der Waals surface area contributed by atoms with E-state index < -0.39 is 0 Å². The fourth-order valence-corrected chi connectivity index (χ4v) is 3.76. The van der Waals surface area contributed by atoms with Crippen LogP contribution in [0.5, 0.6) is 5.75 Å². The van der Waals surface area contributed by atoms with Gasteiger partial charge in [-0.25, -0.2) is 0 Å². The molecule has 0 aromatic heterocycles. The van der Waals surface area contributed by atoms with E-state index in [4.69, 9.17) is 4.74 Å². The van der Waals surface area contributed by atoms with Gasteiger partial charge in [0.25, 0.3) is 5.91 Å². The van der Waals surface area contributed by atoms with Gasteiger partial charge >= 0.3 is 0 Å². The molecule has 0 radical (unpaired) electrons. The van der Waals surface area contributed by atoms with Crippen molar-refractivity contribution in [1.29, 1.82) is 0 Å². The summed E-state index contributed by atoms with van der Waals surface area (Å²) >= 11 is 1.84. The zero-order chi connectivity index (χ0) is 16.9. The average Bonchev–Trinajstić information content (AvgIpc) is 2.61. The third-order valence-corrected chi connectivity index (χ3v) is 5.05. The van der Waals surface area contributed by atoms with Crippen molar-refractivity contribution in [1.82, 2.24) is 5.32 Å². The Kier molecular flexibility index (Phi) is 5.30. The van der Waals surface area contributed by atoms with Crippen LogP contribution in [0.2, 0.25) is 0 Å². The van der Waals surface area contributed by atoms with Crippen LogP contribution in [0.1, 0.15) is 22.8 Å². The Labute approximate surface area is 147 Å². The Bertz CT molecular complexity index is 716. The Hall–Kier alpha value is -2.14. The lowest BCUT2D eigenvalue weighted by Crippen LogP contribution is -2.26. The van der Waals surface area contributed by atoms with Crippen LogP contribution in [0.15, 0.2) is 47.4 Å². The Morgan fingerprint density at radius 3 is 2.79 bits per heavy atom. The van der Waals surface area contributed by atoms with E-state index in [-0.39, 0.29) is 5.91 Å². The first-order valence-corrected chi connectivity index (χ1v) is 9.14. The first kappa shape index (κ1) is 16.7. The van der Waals surface area contributed by atoms with E-state index in [1.807, 2.05) is 61.2 Å². The van der Waals surface area contributed by atoms with Crippen molar-refractivity contribution in [2.45, 2.75) is 18.4 Å². The lowest BCUT2D eigenvalue weighted by Gasteiger charge is -2.27. The van der Waals surface area contributed by atoms with Gasteiger partial charge in [0.15, 0.2) is 0 Å². The van der Waals surface area contributed by atoms with Gasteiger partial charge in [0.2, 0.25) is 0 Å². The average molecular weight is 342 g/mol. The molecule has 24 heavy (non-hydrogen) atoms. The van der Waals surface area contributed by atoms with Crippen molar-refractivity contribution in [3.05, 3.63) is 53.6 Å². The highest BCUT2D eigenvalue weighted by molar-refractivity contribution is 7.99. The van der Waals surface area contributed by atoms with Crippen LogP contribution >= 0.6 is 11.8 Å². The number of carbonyl (C=O) groups excluding carboxylic acids is 1. The molecule has 0 saturated carbocycles. The van der Waals surface area contributed by atoms with Gasteiger partial charge in [0.1, 0.15) is 5.75 Å². The number of fused-ring (bicyclic) bond motifs is 1. The minimum atomic E-state index is -0.0457. The number of anilines is 1. The second-order valence-corrected chi connectivity index (χ2v) is 6.85. The molecule has 4 nitrogen and oxygen atoms in total. The Morgan fingerprint density at radius 1 is 1.25 bits per heavy atom. The Balaban J connectivity index is 1.63. The molecule has 1 aliphatic rings. The highest BCUT2D eigenvalue weighted by Crippen LogP contribution is 2.34. The van der Waals surface area contributed by atoms with Crippen molar-refractivity contribution in [2.75, 3.05) is 30.9 Å². The number of carbonyl (C=O) groups is 1. The maximum absolute atomic E-state index is 12.4. The number of hydrogen-bond acceptors (Lipinski definition) is 4. The quantitative estimate of drug-likeness (QED) is 0.902. The van der Waals surface area contributed by atoms with Crippen LogP contribution in [-0.4, -0.2) is 31.9 Å². The number of hydrogen-bond donors (Lipinski definition) is 1. The molecule has 0 aliphatic carbocycles. The molecule has 0 spiro atoms.